The second kappa shape index (κ2) is 4.45. The highest BCUT2D eigenvalue weighted by atomic mass is 35.5. The van der Waals surface area contributed by atoms with Crippen molar-refractivity contribution in [3.63, 3.8) is 0 Å². The molecule has 0 amide bonds. The molecule has 1 heterocycles. The van der Waals surface area contributed by atoms with Crippen molar-refractivity contribution in [3.05, 3.63) is 40.7 Å². The molecule has 1 aromatic carbocycles. The van der Waals surface area contributed by atoms with Crippen LogP contribution in [0.25, 0.3) is 0 Å². The molecular formula is C11H12ClN3O. The predicted octanol–water partition coefficient (Wildman–Crippen LogP) is 2.83. The second-order valence-electron chi connectivity index (χ2n) is 3.53. The summed E-state index contributed by atoms with van der Waals surface area (Å²) in [7, 11) is 0. The number of rotatable bonds is 3. The SMILES string of the molecule is Cc1cc(CNc2ccc(N)cc2Cl)on1. The number of benzene rings is 1. The lowest BCUT2D eigenvalue weighted by Gasteiger charge is -2.06. The number of aryl methyl sites for hydroxylation is 1. The molecule has 5 heteroatoms. The average molecular weight is 238 g/mol. The van der Waals surface area contributed by atoms with E-state index >= 15 is 0 Å². The highest BCUT2D eigenvalue weighted by Gasteiger charge is 2.03. The molecule has 0 unspecified atom stereocenters. The Labute approximate surface area is 98.4 Å². The Bertz CT molecular complexity index is 496. The van der Waals surface area contributed by atoms with Gasteiger partial charge in [-0.15, -0.1) is 0 Å². The van der Waals surface area contributed by atoms with Gasteiger partial charge >= 0.3 is 0 Å². The quantitative estimate of drug-likeness (QED) is 0.806. The van der Waals surface area contributed by atoms with Crippen molar-refractivity contribution in [2.24, 2.45) is 0 Å². The Balaban J connectivity index is 2.04. The lowest BCUT2D eigenvalue weighted by Crippen LogP contribution is -1.99. The smallest absolute Gasteiger partial charge is 0.156 e. The lowest BCUT2D eigenvalue weighted by atomic mass is 10.3. The third kappa shape index (κ3) is 2.46. The minimum atomic E-state index is 0.546. The van der Waals surface area contributed by atoms with Crippen LogP contribution in [0.1, 0.15) is 11.5 Å². The number of nitrogens with one attached hydrogen (secondary N) is 1. The maximum absolute atomic E-state index is 6.01. The van der Waals surface area contributed by atoms with E-state index in [4.69, 9.17) is 21.9 Å². The number of nitrogens with two attached hydrogens (primary N) is 1. The van der Waals surface area contributed by atoms with Gasteiger partial charge in [-0.25, -0.2) is 0 Å². The Morgan fingerprint density at radius 1 is 1.44 bits per heavy atom. The first-order valence-electron chi connectivity index (χ1n) is 4.86. The van der Waals surface area contributed by atoms with Crippen LogP contribution < -0.4 is 11.1 Å². The van der Waals surface area contributed by atoms with Crippen LogP contribution in [-0.4, -0.2) is 5.16 Å². The van der Waals surface area contributed by atoms with Gasteiger partial charge in [0, 0.05) is 11.8 Å². The standard InChI is InChI=1S/C11H12ClN3O/c1-7-4-9(16-15-7)6-14-11-3-2-8(13)5-10(11)12/h2-5,14H,6,13H2,1H3. The summed E-state index contributed by atoms with van der Waals surface area (Å²) in [6.07, 6.45) is 0. The number of nitrogens with zero attached hydrogens (tertiary/aromatic N) is 1. The van der Waals surface area contributed by atoms with Crippen LogP contribution in [0.5, 0.6) is 0 Å². The largest absolute Gasteiger partial charge is 0.399 e. The van der Waals surface area contributed by atoms with Gasteiger partial charge in [0.05, 0.1) is 22.9 Å². The van der Waals surface area contributed by atoms with Gasteiger partial charge < -0.3 is 15.6 Å². The van der Waals surface area contributed by atoms with Crippen molar-refractivity contribution in [2.75, 3.05) is 11.1 Å². The fraction of sp³-hybridized carbons (Fsp3) is 0.182. The molecule has 4 nitrogen and oxygen atoms in total. The summed E-state index contributed by atoms with van der Waals surface area (Å²) in [5, 5.41) is 7.54. The van der Waals surface area contributed by atoms with Gasteiger partial charge in [-0.3, -0.25) is 0 Å². The van der Waals surface area contributed by atoms with E-state index in [0.29, 0.717) is 17.3 Å². The van der Waals surface area contributed by atoms with E-state index in [2.05, 4.69) is 10.5 Å². The fourth-order valence-electron chi connectivity index (χ4n) is 1.36. The van der Waals surface area contributed by atoms with Crippen molar-refractivity contribution in [2.45, 2.75) is 13.5 Å². The normalized spacial score (nSPS) is 10.4. The molecule has 84 valence electrons. The van der Waals surface area contributed by atoms with Crippen molar-refractivity contribution < 1.29 is 4.52 Å². The third-order valence-corrected chi connectivity index (χ3v) is 2.44. The molecule has 0 atom stereocenters. The first-order valence-corrected chi connectivity index (χ1v) is 5.24. The van der Waals surface area contributed by atoms with Crippen molar-refractivity contribution in [1.29, 1.82) is 0 Å². The van der Waals surface area contributed by atoms with E-state index in [1.54, 1.807) is 12.1 Å². The van der Waals surface area contributed by atoms with Crippen LogP contribution in [0.2, 0.25) is 5.02 Å². The third-order valence-electron chi connectivity index (χ3n) is 2.12. The van der Waals surface area contributed by atoms with Crippen LogP contribution >= 0.6 is 11.6 Å². The number of halogens is 1. The van der Waals surface area contributed by atoms with Gasteiger partial charge in [0.2, 0.25) is 0 Å². The van der Waals surface area contributed by atoms with Crippen LogP contribution in [-0.2, 0) is 6.54 Å². The van der Waals surface area contributed by atoms with Gasteiger partial charge in [-0.2, -0.15) is 0 Å². The molecule has 0 aliphatic heterocycles. The van der Waals surface area contributed by atoms with Crippen LogP contribution in [0.3, 0.4) is 0 Å². The van der Waals surface area contributed by atoms with Crippen molar-refractivity contribution in [3.8, 4) is 0 Å². The van der Waals surface area contributed by atoms with E-state index in [-0.39, 0.29) is 0 Å². The summed E-state index contributed by atoms with van der Waals surface area (Å²) in [6, 6.07) is 7.20. The maximum Gasteiger partial charge on any atom is 0.156 e. The monoisotopic (exact) mass is 237 g/mol. The first kappa shape index (κ1) is 10.8. The van der Waals surface area contributed by atoms with Gasteiger partial charge in [0.15, 0.2) is 5.76 Å². The summed E-state index contributed by atoms with van der Waals surface area (Å²) in [5.41, 5.74) is 7.93. The van der Waals surface area contributed by atoms with Gasteiger partial charge in [-0.1, -0.05) is 16.8 Å². The molecule has 0 aliphatic rings. The van der Waals surface area contributed by atoms with E-state index in [9.17, 15) is 0 Å². The Morgan fingerprint density at radius 2 is 2.25 bits per heavy atom. The number of aromatic nitrogens is 1. The van der Waals surface area contributed by atoms with Crippen molar-refractivity contribution >= 4 is 23.0 Å². The molecule has 0 radical (unpaired) electrons. The van der Waals surface area contributed by atoms with E-state index in [0.717, 1.165) is 17.1 Å². The lowest BCUT2D eigenvalue weighted by molar-refractivity contribution is 0.384. The highest BCUT2D eigenvalue weighted by molar-refractivity contribution is 6.33. The summed E-state index contributed by atoms with van der Waals surface area (Å²) in [5.74, 6) is 0.769. The molecule has 2 aromatic rings. The topological polar surface area (TPSA) is 64.1 Å². The molecule has 0 saturated heterocycles. The zero-order chi connectivity index (χ0) is 11.5. The molecule has 1 aromatic heterocycles. The van der Waals surface area contributed by atoms with Crippen molar-refractivity contribution in [1.82, 2.24) is 5.16 Å². The molecule has 2 rings (SSSR count). The van der Waals surface area contributed by atoms with Crippen LogP contribution in [0, 0.1) is 6.92 Å². The summed E-state index contributed by atoms with van der Waals surface area (Å²) in [6.45, 7) is 2.42. The highest BCUT2D eigenvalue weighted by Crippen LogP contribution is 2.24. The number of hydrogen-bond acceptors (Lipinski definition) is 4. The first-order chi connectivity index (χ1) is 7.65. The van der Waals surface area contributed by atoms with Crippen LogP contribution in [0.4, 0.5) is 11.4 Å². The zero-order valence-corrected chi connectivity index (χ0v) is 9.58. The molecule has 3 N–H and O–H groups in total. The molecular weight excluding hydrogens is 226 g/mol. The minimum absolute atomic E-state index is 0.546. The fourth-order valence-corrected chi connectivity index (χ4v) is 1.61. The van der Waals surface area contributed by atoms with Crippen LogP contribution in [0.15, 0.2) is 28.8 Å². The summed E-state index contributed by atoms with van der Waals surface area (Å²) >= 11 is 6.01. The second-order valence-corrected chi connectivity index (χ2v) is 3.93. The minimum Gasteiger partial charge on any atom is -0.399 e. The predicted molar refractivity (Wildman–Crippen MR) is 64.4 cm³/mol. The molecule has 0 bridgehead atoms. The Kier molecular flexibility index (Phi) is 3.01. The zero-order valence-electron chi connectivity index (χ0n) is 8.83. The number of hydrogen-bond donors (Lipinski definition) is 2. The molecule has 0 fully saturated rings. The van der Waals surface area contributed by atoms with E-state index in [1.807, 2.05) is 19.1 Å². The maximum atomic E-state index is 6.01. The molecule has 16 heavy (non-hydrogen) atoms. The van der Waals surface area contributed by atoms with E-state index < -0.39 is 0 Å². The van der Waals surface area contributed by atoms with Gasteiger partial charge in [0.1, 0.15) is 0 Å². The number of nitrogen functional groups attached to an aromatic ring is 1. The van der Waals surface area contributed by atoms with Gasteiger partial charge in [-0.05, 0) is 25.1 Å². The molecule has 0 saturated carbocycles. The number of anilines is 2. The summed E-state index contributed by atoms with van der Waals surface area (Å²) < 4.78 is 5.07. The summed E-state index contributed by atoms with van der Waals surface area (Å²) in [4.78, 5) is 0. The Hall–Kier alpha value is -1.68. The average Bonchev–Trinajstić information content (AvgIpc) is 2.63. The molecule has 0 spiro atoms. The van der Waals surface area contributed by atoms with Gasteiger partial charge in [0.25, 0.3) is 0 Å². The Morgan fingerprint density at radius 3 is 2.88 bits per heavy atom. The molecule has 0 aliphatic carbocycles. The van der Waals surface area contributed by atoms with E-state index in [1.165, 1.54) is 0 Å².